The molecular weight excluding hydrogens is 230 g/mol. The second-order valence-corrected chi connectivity index (χ2v) is 3.75. The van der Waals surface area contributed by atoms with Crippen LogP contribution in [0.5, 0.6) is 5.75 Å². The van der Waals surface area contributed by atoms with Crippen LogP contribution in [-0.2, 0) is 4.79 Å². The van der Waals surface area contributed by atoms with E-state index < -0.39 is 12.0 Å². The lowest BCUT2D eigenvalue weighted by molar-refractivity contribution is -0.139. The first-order valence-electron chi connectivity index (χ1n) is 4.94. The Bertz CT molecular complexity index is 340. The third kappa shape index (κ3) is 4.51. The Kier molecular flexibility index (Phi) is 5.08. The van der Waals surface area contributed by atoms with E-state index >= 15 is 0 Å². The molecule has 0 amide bonds. The van der Waals surface area contributed by atoms with Gasteiger partial charge in [0.1, 0.15) is 18.4 Å². The summed E-state index contributed by atoms with van der Waals surface area (Å²) >= 11 is 5.72. The first-order valence-corrected chi connectivity index (χ1v) is 5.32. The first-order chi connectivity index (χ1) is 7.59. The third-order valence-corrected chi connectivity index (χ3v) is 2.26. The Labute approximate surface area is 99.2 Å². The highest BCUT2D eigenvalue weighted by atomic mass is 35.5. The van der Waals surface area contributed by atoms with Gasteiger partial charge in [0.2, 0.25) is 0 Å². The van der Waals surface area contributed by atoms with Crippen LogP contribution in [0.4, 0.5) is 0 Å². The topological polar surface area (TPSA) is 58.6 Å². The number of benzene rings is 1. The molecule has 1 atom stereocenters. The summed E-state index contributed by atoms with van der Waals surface area (Å²) in [7, 11) is 0. The fourth-order valence-electron chi connectivity index (χ4n) is 1.06. The van der Waals surface area contributed by atoms with Gasteiger partial charge in [-0.1, -0.05) is 11.6 Å². The summed E-state index contributed by atoms with van der Waals surface area (Å²) in [5, 5.41) is 12.1. The van der Waals surface area contributed by atoms with E-state index in [4.69, 9.17) is 21.4 Å². The molecule has 0 aromatic heterocycles. The van der Waals surface area contributed by atoms with Crippen LogP contribution in [0.3, 0.4) is 0 Å². The minimum Gasteiger partial charge on any atom is -0.492 e. The van der Waals surface area contributed by atoms with E-state index in [0.29, 0.717) is 23.9 Å². The van der Waals surface area contributed by atoms with Crippen LogP contribution in [0.25, 0.3) is 0 Å². The van der Waals surface area contributed by atoms with Gasteiger partial charge in [-0.05, 0) is 31.2 Å². The number of carbonyl (C=O) groups is 1. The number of hydrogen-bond acceptors (Lipinski definition) is 3. The zero-order chi connectivity index (χ0) is 12.0. The van der Waals surface area contributed by atoms with Crippen molar-refractivity contribution in [2.75, 3.05) is 13.2 Å². The van der Waals surface area contributed by atoms with Gasteiger partial charge in [-0.15, -0.1) is 0 Å². The number of ether oxygens (including phenoxy) is 1. The smallest absolute Gasteiger partial charge is 0.320 e. The van der Waals surface area contributed by atoms with Gasteiger partial charge in [-0.3, -0.25) is 4.79 Å². The highest BCUT2D eigenvalue weighted by Gasteiger charge is 2.08. The van der Waals surface area contributed by atoms with Gasteiger partial charge in [-0.25, -0.2) is 0 Å². The van der Waals surface area contributed by atoms with Gasteiger partial charge in [0.05, 0.1) is 0 Å². The quantitative estimate of drug-likeness (QED) is 0.748. The molecule has 4 nitrogen and oxygen atoms in total. The SMILES string of the molecule is C[C@H](NCCOc1ccc(Cl)cc1)C(=O)O. The number of hydrogen-bond donors (Lipinski definition) is 2. The predicted octanol–water partition coefficient (Wildman–Crippen LogP) is 1.78. The minimum atomic E-state index is -0.869. The van der Waals surface area contributed by atoms with Gasteiger partial charge in [0, 0.05) is 11.6 Å². The van der Waals surface area contributed by atoms with Crippen LogP contribution in [-0.4, -0.2) is 30.3 Å². The normalized spacial score (nSPS) is 12.1. The summed E-state index contributed by atoms with van der Waals surface area (Å²) in [6, 6.07) is 6.45. The molecule has 0 spiro atoms. The maximum absolute atomic E-state index is 10.5. The molecule has 0 aliphatic rings. The average Bonchev–Trinajstić information content (AvgIpc) is 2.26. The molecule has 2 N–H and O–H groups in total. The molecule has 1 aromatic carbocycles. The third-order valence-electron chi connectivity index (χ3n) is 2.01. The van der Waals surface area contributed by atoms with Gasteiger partial charge < -0.3 is 15.2 Å². The second-order valence-electron chi connectivity index (χ2n) is 3.32. The van der Waals surface area contributed by atoms with E-state index in [1.807, 2.05) is 0 Å². The molecule has 5 heteroatoms. The summed E-state index contributed by atoms with van der Waals surface area (Å²) in [4.78, 5) is 10.5. The summed E-state index contributed by atoms with van der Waals surface area (Å²) in [6.45, 7) is 2.49. The van der Waals surface area contributed by atoms with Crippen molar-refractivity contribution < 1.29 is 14.6 Å². The maximum atomic E-state index is 10.5. The Morgan fingerprint density at radius 1 is 1.50 bits per heavy atom. The lowest BCUT2D eigenvalue weighted by atomic mass is 10.3. The molecule has 1 rings (SSSR count). The van der Waals surface area contributed by atoms with Crippen molar-refractivity contribution >= 4 is 17.6 Å². The number of carboxylic acids is 1. The molecule has 0 fully saturated rings. The van der Waals surface area contributed by atoms with Crippen LogP contribution >= 0.6 is 11.6 Å². The first kappa shape index (κ1) is 12.8. The van der Waals surface area contributed by atoms with Crippen molar-refractivity contribution in [1.29, 1.82) is 0 Å². The van der Waals surface area contributed by atoms with Crippen molar-refractivity contribution in [3.63, 3.8) is 0 Å². The van der Waals surface area contributed by atoms with E-state index in [2.05, 4.69) is 5.32 Å². The number of aliphatic carboxylic acids is 1. The van der Waals surface area contributed by atoms with E-state index in [9.17, 15) is 4.79 Å². The Balaban J connectivity index is 2.21. The van der Waals surface area contributed by atoms with Crippen LogP contribution in [0.2, 0.25) is 5.02 Å². The zero-order valence-electron chi connectivity index (χ0n) is 8.94. The van der Waals surface area contributed by atoms with E-state index in [-0.39, 0.29) is 0 Å². The minimum absolute atomic E-state index is 0.416. The molecular formula is C11H14ClNO3. The Hall–Kier alpha value is -1.26. The van der Waals surface area contributed by atoms with Crippen LogP contribution < -0.4 is 10.1 Å². The molecule has 0 heterocycles. The number of halogens is 1. The van der Waals surface area contributed by atoms with Crippen LogP contribution in [0.1, 0.15) is 6.92 Å². The summed E-state index contributed by atoms with van der Waals surface area (Å²) in [6.07, 6.45) is 0. The second kappa shape index (κ2) is 6.35. The standard InChI is InChI=1S/C11H14ClNO3/c1-8(11(14)15)13-6-7-16-10-4-2-9(12)3-5-10/h2-5,8,13H,6-7H2,1H3,(H,14,15)/t8-/m0/s1. The molecule has 0 aliphatic heterocycles. The van der Waals surface area contributed by atoms with Crippen molar-refractivity contribution in [2.45, 2.75) is 13.0 Å². The van der Waals surface area contributed by atoms with Gasteiger partial charge in [-0.2, -0.15) is 0 Å². The molecule has 0 saturated carbocycles. The van der Waals surface area contributed by atoms with Gasteiger partial charge in [0.25, 0.3) is 0 Å². The maximum Gasteiger partial charge on any atom is 0.320 e. The predicted molar refractivity (Wildman–Crippen MR) is 62.0 cm³/mol. The summed E-state index contributed by atoms with van der Waals surface area (Å²) in [5.74, 6) is -0.152. The fraction of sp³-hybridized carbons (Fsp3) is 0.364. The molecule has 0 aliphatic carbocycles. The molecule has 0 bridgehead atoms. The highest BCUT2D eigenvalue weighted by Crippen LogP contribution is 2.14. The molecule has 0 saturated heterocycles. The molecule has 88 valence electrons. The highest BCUT2D eigenvalue weighted by molar-refractivity contribution is 6.30. The van der Waals surface area contributed by atoms with Crippen molar-refractivity contribution in [1.82, 2.24) is 5.32 Å². The van der Waals surface area contributed by atoms with Crippen molar-refractivity contribution in [2.24, 2.45) is 0 Å². The lowest BCUT2D eigenvalue weighted by Crippen LogP contribution is -2.36. The monoisotopic (exact) mass is 243 g/mol. The number of rotatable bonds is 6. The molecule has 16 heavy (non-hydrogen) atoms. The Morgan fingerprint density at radius 2 is 2.12 bits per heavy atom. The Morgan fingerprint density at radius 3 is 2.69 bits per heavy atom. The van der Waals surface area contributed by atoms with Crippen LogP contribution in [0.15, 0.2) is 24.3 Å². The number of carboxylic acid groups (broad SMARTS) is 1. The molecule has 0 unspecified atom stereocenters. The summed E-state index contributed by atoms with van der Waals surface area (Å²) < 4.78 is 5.38. The van der Waals surface area contributed by atoms with E-state index in [1.165, 1.54) is 0 Å². The zero-order valence-corrected chi connectivity index (χ0v) is 9.70. The summed E-state index contributed by atoms with van der Waals surface area (Å²) in [5.41, 5.74) is 0. The fourth-order valence-corrected chi connectivity index (χ4v) is 1.19. The van der Waals surface area contributed by atoms with E-state index in [0.717, 1.165) is 0 Å². The average molecular weight is 244 g/mol. The molecule has 0 radical (unpaired) electrons. The van der Waals surface area contributed by atoms with Gasteiger partial charge >= 0.3 is 5.97 Å². The van der Waals surface area contributed by atoms with Crippen LogP contribution in [0, 0.1) is 0 Å². The van der Waals surface area contributed by atoms with Gasteiger partial charge in [0.15, 0.2) is 0 Å². The largest absolute Gasteiger partial charge is 0.492 e. The number of nitrogens with one attached hydrogen (secondary N) is 1. The molecule has 1 aromatic rings. The van der Waals surface area contributed by atoms with E-state index in [1.54, 1.807) is 31.2 Å². The lowest BCUT2D eigenvalue weighted by Gasteiger charge is -2.10. The van der Waals surface area contributed by atoms with Crippen molar-refractivity contribution in [3.05, 3.63) is 29.3 Å². The van der Waals surface area contributed by atoms with Crippen molar-refractivity contribution in [3.8, 4) is 5.75 Å².